The lowest BCUT2D eigenvalue weighted by Crippen LogP contribution is -2.30. The van der Waals surface area contributed by atoms with Crippen molar-refractivity contribution in [1.82, 2.24) is 10.3 Å². The van der Waals surface area contributed by atoms with Crippen molar-refractivity contribution in [3.8, 4) is 11.8 Å². The highest BCUT2D eigenvalue weighted by atomic mass is 16.1. The molecule has 0 spiro atoms. The molecule has 4 nitrogen and oxygen atoms in total. The Balaban J connectivity index is 2.85. The number of hydrogen-bond donors (Lipinski definition) is 2. The van der Waals surface area contributed by atoms with E-state index in [0.717, 1.165) is 0 Å². The summed E-state index contributed by atoms with van der Waals surface area (Å²) >= 11 is 0. The molecule has 0 radical (unpaired) electrons. The molecule has 4 heteroatoms. The van der Waals surface area contributed by atoms with Crippen LogP contribution in [0.15, 0.2) is 18.5 Å². The molecule has 0 bridgehead atoms. The van der Waals surface area contributed by atoms with Gasteiger partial charge >= 0.3 is 0 Å². The van der Waals surface area contributed by atoms with Crippen LogP contribution in [0.5, 0.6) is 0 Å². The predicted octanol–water partition coefficient (Wildman–Crippen LogP) is 0.530. The second-order valence-electron chi connectivity index (χ2n) is 3.60. The minimum absolute atomic E-state index is 0.103. The second-order valence-corrected chi connectivity index (χ2v) is 3.60. The highest BCUT2D eigenvalue weighted by Gasteiger charge is 2.07. The average Bonchev–Trinajstić information content (AvgIpc) is 2.26. The molecule has 3 N–H and O–H groups in total. The lowest BCUT2D eigenvalue weighted by molar-refractivity contribution is 0.0942. The average molecular weight is 217 g/mol. The number of pyridine rings is 1. The van der Waals surface area contributed by atoms with Gasteiger partial charge in [-0.1, -0.05) is 11.8 Å². The van der Waals surface area contributed by atoms with Gasteiger partial charge in [-0.15, -0.1) is 0 Å². The first-order chi connectivity index (χ1) is 7.63. The number of nitrogens with zero attached hydrogens (tertiary/aromatic N) is 1. The lowest BCUT2D eigenvalue weighted by atomic mass is 10.2. The van der Waals surface area contributed by atoms with E-state index in [4.69, 9.17) is 5.73 Å². The standard InChI is InChI=1S/C12H15N3O/c1-9(2)15-12(16)11-6-10(4-3-5-13)7-14-8-11/h6-9H,5,13H2,1-2H3,(H,15,16). The fraction of sp³-hybridized carbons (Fsp3) is 0.333. The maximum absolute atomic E-state index is 11.7. The van der Waals surface area contributed by atoms with Gasteiger partial charge < -0.3 is 11.1 Å². The van der Waals surface area contributed by atoms with Gasteiger partial charge in [-0.25, -0.2) is 0 Å². The van der Waals surface area contributed by atoms with Gasteiger partial charge in [-0.2, -0.15) is 0 Å². The van der Waals surface area contributed by atoms with Gasteiger partial charge in [0, 0.05) is 24.0 Å². The minimum atomic E-state index is -0.140. The van der Waals surface area contributed by atoms with E-state index in [0.29, 0.717) is 17.7 Å². The van der Waals surface area contributed by atoms with Gasteiger partial charge in [-0.3, -0.25) is 9.78 Å². The molecule has 1 amide bonds. The quantitative estimate of drug-likeness (QED) is 0.710. The topological polar surface area (TPSA) is 68.0 Å². The third kappa shape index (κ3) is 3.71. The normalized spacial score (nSPS) is 9.50. The SMILES string of the molecule is CC(C)NC(=O)c1cncc(C#CCN)c1. The summed E-state index contributed by atoms with van der Waals surface area (Å²) in [5, 5.41) is 2.79. The molecule has 0 aliphatic heterocycles. The van der Waals surface area contributed by atoms with Crippen LogP contribution in [0.3, 0.4) is 0 Å². The first kappa shape index (κ1) is 12.2. The zero-order valence-corrected chi connectivity index (χ0v) is 9.45. The predicted molar refractivity (Wildman–Crippen MR) is 62.8 cm³/mol. The zero-order chi connectivity index (χ0) is 12.0. The van der Waals surface area contributed by atoms with E-state index in [1.165, 1.54) is 6.20 Å². The van der Waals surface area contributed by atoms with Crippen molar-refractivity contribution in [3.63, 3.8) is 0 Å². The van der Waals surface area contributed by atoms with E-state index in [9.17, 15) is 4.79 Å². The maximum atomic E-state index is 11.7. The smallest absolute Gasteiger partial charge is 0.253 e. The molecule has 0 saturated carbocycles. The van der Waals surface area contributed by atoms with Gasteiger partial charge in [0.05, 0.1) is 12.1 Å². The Morgan fingerprint density at radius 2 is 2.31 bits per heavy atom. The molecule has 84 valence electrons. The summed E-state index contributed by atoms with van der Waals surface area (Å²) in [7, 11) is 0. The fourth-order valence-corrected chi connectivity index (χ4v) is 1.13. The molecule has 0 fully saturated rings. The van der Waals surface area contributed by atoms with Crippen molar-refractivity contribution in [2.45, 2.75) is 19.9 Å². The van der Waals surface area contributed by atoms with Crippen LogP contribution in [0.2, 0.25) is 0 Å². The van der Waals surface area contributed by atoms with Crippen molar-refractivity contribution >= 4 is 5.91 Å². The number of aromatic nitrogens is 1. The van der Waals surface area contributed by atoms with Gasteiger partial charge in [-0.05, 0) is 19.9 Å². The molecular weight excluding hydrogens is 202 g/mol. The van der Waals surface area contributed by atoms with Crippen molar-refractivity contribution < 1.29 is 4.79 Å². The monoisotopic (exact) mass is 217 g/mol. The van der Waals surface area contributed by atoms with Crippen molar-refractivity contribution in [3.05, 3.63) is 29.6 Å². The van der Waals surface area contributed by atoms with Crippen LogP contribution in [0, 0.1) is 11.8 Å². The first-order valence-corrected chi connectivity index (χ1v) is 5.08. The summed E-state index contributed by atoms with van der Waals surface area (Å²) in [6, 6.07) is 1.80. The molecule has 1 rings (SSSR count). The van der Waals surface area contributed by atoms with E-state index in [2.05, 4.69) is 22.1 Å². The Morgan fingerprint density at radius 3 is 2.94 bits per heavy atom. The van der Waals surface area contributed by atoms with Crippen LogP contribution in [0.4, 0.5) is 0 Å². The summed E-state index contributed by atoms with van der Waals surface area (Å²) in [6.07, 6.45) is 3.13. The van der Waals surface area contributed by atoms with Gasteiger partial charge in [0.15, 0.2) is 0 Å². The molecule has 0 saturated heterocycles. The minimum Gasteiger partial charge on any atom is -0.350 e. The fourth-order valence-electron chi connectivity index (χ4n) is 1.13. The zero-order valence-electron chi connectivity index (χ0n) is 9.45. The largest absolute Gasteiger partial charge is 0.350 e. The summed E-state index contributed by atoms with van der Waals surface area (Å²) < 4.78 is 0. The Kier molecular flexibility index (Phi) is 4.49. The summed E-state index contributed by atoms with van der Waals surface area (Å²) in [6.45, 7) is 4.11. The maximum Gasteiger partial charge on any atom is 0.253 e. The summed E-state index contributed by atoms with van der Waals surface area (Å²) in [4.78, 5) is 15.6. The highest BCUT2D eigenvalue weighted by Crippen LogP contribution is 2.01. The number of nitrogens with two attached hydrogens (primary N) is 1. The molecule has 0 aromatic carbocycles. The van der Waals surface area contributed by atoms with E-state index >= 15 is 0 Å². The van der Waals surface area contributed by atoms with E-state index in [1.54, 1.807) is 12.3 Å². The second kappa shape index (κ2) is 5.89. The van der Waals surface area contributed by atoms with Crippen LogP contribution < -0.4 is 11.1 Å². The Hall–Kier alpha value is -1.86. The molecule has 0 unspecified atom stereocenters. The van der Waals surface area contributed by atoms with Crippen molar-refractivity contribution in [1.29, 1.82) is 0 Å². The summed E-state index contributed by atoms with van der Waals surface area (Å²) in [5.74, 6) is 5.41. The van der Waals surface area contributed by atoms with Crippen molar-refractivity contribution in [2.24, 2.45) is 5.73 Å². The van der Waals surface area contributed by atoms with Gasteiger partial charge in [0.1, 0.15) is 0 Å². The molecular formula is C12H15N3O. The number of rotatable bonds is 2. The number of carbonyl (C=O) groups is 1. The van der Waals surface area contributed by atoms with Gasteiger partial charge in [0.2, 0.25) is 0 Å². The molecule has 1 heterocycles. The Morgan fingerprint density at radius 1 is 1.56 bits per heavy atom. The number of nitrogens with one attached hydrogen (secondary N) is 1. The molecule has 16 heavy (non-hydrogen) atoms. The Labute approximate surface area is 95.3 Å². The van der Waals surface area contributed by atoms with Gasteiger partial charge in [0.25, 0.3) is 5.91 Å². The van der Waals surface area contributed by atoms with E-state index in [1.807, 2.05) is 13.8 Å². The molecule has 0 aliphatic rings. The molecule has 0 aliphatic carbocycles. The van der Waals surface area contributed by atoms with Crippen molar-refractivity contribution in [2.75, 3.05) is 6.54 Å². The number of amides is 1. The van der Waals surface area contributed by atoms with Crippen LogP contribution in [-0.2, 0) is 0 Å². The molecule has 1 aromatic heterocycles. The lowest BCUT2D eigenvalue weighted by Gasteiger charge is -2.07. The summed E-state index contributed by atoms with van der Waals surface area (Å²) in [5.41, 5.74) is 6.47. The van der Waals surface area contributed by atoms with Crippen LogP contribution in [0.25, 0.3) is 0 Å². The van der Waals surface area contributed by atoms with Crippen LogP contribution >= 0.6 is 0 Å². The van der Waals surface area contributed by atoms with E-state index < -0.39 is 0 Å². The first-order valence-electron chi connectivity index (χ1n) is 5.08. The highest BCUT2D eigenvalue weighted by molar-refractivity contribution is 5.94. The van der Waals surface area contributed by atoms with E-state index in [-0.39, 0.29) is 11.9 Å². The third-order valence-corrected chi connectivity index (χ3v) is 1.75. The van der Waals surface area contributed by atoms with Crippen LogP contribution in [0.1, 0.15) is 29.8 Å². The number of hydrogen-bond acceptors (Lipinski definition) is 3. The number of carbonyl (C=O) groups excluding carboxylic acids is 1. The molecule has 0 atom stereocenters. The third-order valence-electron chi connectivity index (χ3n) is 1.75. The van der Waals surface area contributed by atoms with Crippen LogP contribution in [-0.4, -0.2) is 23.5 Å². The molecule has 1 aromatic rings. The Bertz CT molecular complexity index is 429.